The summed E-state index contributed by atoms with van der Waals surface area (Å²) in [5.41, 5.74) is -0.959. The average Bonchev–Trinajstić information content (AvgIpc) is 2.23. The third-order valence-corrected chi connectivity index (χ3v) is 2.22. The van der Waals surface area contributed by atoms with Crippen LogP contribution in [0, 0.1) is 17.5 Å². The smallest absolute Gasteiger partial charge is 0.323 e. The molecule has 0 radical (unpaired) electrons. The second-order valence-electron chi connectivity index (χ2n) is 3.46. The number of likely N-dealkylation sites (N-methyl/N-ethyl adjacent to an activating group) is 1. The van der Waals surface area contributed by atoms with Crippen LogP contribution in [-0.4, -0.2) is 35.0 Å². The van der Waals surface area contributed by atoms with Crippen LogP contribution in [-0.2, 0) is 4.79 Å². The van der Waals surface area contributed by atoms with Crippen LogP contribution in [0.3, 0.4) is 0 Å². The molecule has 0 atom stereocenters. The van der Waals surface area contributed by atoms with Crippen molar-refractivity contribution in [2.45, 2.75) is 6.92 Å². The lowest BCUT2D eigenvalue weighted by Gasteiger charge is -2.19. The van der Waals surface area contributed by atoms with Crippen LogP contribution in [0.2, 0.25) is 0 Å². The van der Waals surface area contributed by atoms with Gasteiger partial charge >= 0.3 is 5.97 Å². The van der Waals surface area contributed by atoms with Crippen molar-refractivity contribution in [1.29, 1.82) is 0 Å². The monoisotopic (exact) mass is 261 g/mol. The topological polar surface area (TPSA) is 57.6 Å². The largest absolute Gasteiger partial charge is 0.480 e. The summed E-state index contributed by atoms with van der Waals surface area (Å²) in [6.45, 7) is 0.729. The second-order valence-corrected chi connectivity index (χ2v) is 3.46. The number of halogens is 3. The van der Waals surface area contributed by atoms with E-state index >= 15 is 0 Å². The summed E-state index contributed by atoms with van der Waals surface area (Å²) in [6, 6.07) is 0.732. The third kappa shape index (κ3) is 2.99. The molecule has 7 heteroatoms. The fraction of sp³-hybridized carbons (Fsp3) is 0.273. The summed E-state index contributed by atoms with van der Waals surface area (Å²) in [4.78, 5) is 22.9. The molecule has 0 aliphatic rings. The summed E-state index contributed by atoms with van der Waals surface area (Å²) in [5, 5.41) is 8.55. The SMILES string of the molecule is CCN(CC(=O)O)C(=O)c1c(F)cc(F)cc1F. The highest BCUT2D eigenvalue weighted by Crippen LogP contribution is 2.16. The van der Waals surface area contributed by atoms with E-state index in [9.17, 15) is 22.8 Å². The number of carboxylic acid groups (broad SMARTS) is 1. The summed E-state index contributed by atoms with van der Waals surface area (Å²) < 4.78 is 39.3. The van der Waals surface area contributed by atoms with Crippen molar-refractivity contribution in [3.05, 3.63) is 35.1 Å². The fourth-order valence-corrected chi connectivity index (χ4v) is 1.40. The van der Waals surface area contributed by atoms with Crippen molar-refractivity contribution in [3.8, 4) is 0 Å². The molecule has 98 valence electrons. The van der Waals surface area contributed by atoms with E-state index in [1.54, 1.807) is 0 Å². The van der Waals surface area contributed by atoms with Crippen molar-refractivity contribution in [2.24, 2.45) is 0 Å². The van der Waals surface area contributed by atoms with Crippen LogP contribution in [0.4, 0.5) is 13.2 Å². The predicted octanol–water partition coefficient (Wildman–Crippen LogP) is 1.65. The van der Waals surface area contributed by atoms with E-state index in [1.165, 1.54) is 6.92 Å². The molecule has 1 N–H and O–H groups in total. The highest BCUT2D eigenvalue weighted by molar-refractivity contribution is 5.96. The Kier molecular flexibility index (Phi) is 4.30. The van der Waals surface area contributed by atoms with Crippen molar-refractivity contribution in [2.75, 3.05) is 13.1 Å². The van der Waals surface area contributed by atoms with Gasteiger partial charge in [0.05, 0.1) is 0 Å². The van der Waals surface area contributed by atoms with Crippen LogP contribution in [0.25, 0.3) is 0 Å². The minimum absolute atomic E-state index is 0.0403. The number of hydrogen-bond donors (Lipinski definition) is 1. The zero-order valence-corrected chi connectivity index (χ0v) is 9.41. The highest BCUT2D eigenvalue weighted by Gasteiger charge is 2.24. The van der Waals surface area contributed by atoms with Crippen LogP contribution >= 0.6 is 0 Å². The second kappa shape index (κ2) is 5.52. The van der Waals surface area contributed by atoms with Gasteiger partial charge in [0.25, 0.3) is 5.91 Å². The lowest BCUT2D eigenvalue weighted by molar-refractivity contribution is -0.137. The quantitative estimate of drug-likeness (QED) is 0.896. The number of hydrogen-bond acceptors (Lipinski definition) is 2. The molecule has 0 aliphatic heterocycles. The summed E-state index contributed by atoms with van der Waals surface area (Å²) in [5.74, 6) is -6.31. The summed E-state index contributed by atoms with van der Waals surface area (Å²) in [6.07, 6.45) is 0. The minimum atomic E-state index is -1.36. The maximum absolute atomic E-state index is 13.3. The van der Waals surface area contributed by atoms with E-state index in [0.717, 1.165) is 4.90 Å². The maximum atomic E-state index is 13.3. The summed E-state index contributed by atoms with van der Waals surface area (Å²) in [7, 11) is 0. The van der Waals surface area contributed by atoms with Crippen molar-refractivity contribution in [3.63, 3.8) is 0 Å². The number of aliphatic carboxylic acids is 1. The molecule has 0 aromatic heterocycles. The number of rotatable bonds is 4. The van der Waals surface area contributed by atoms with Crippen molar-refractivity contribution < 1.29 is 27.9 Å². The molecule has 0 bridgehead atoms. The van der Waals surface area contributed by atoms with Crippen LogP contribution in [0.15, 0.2) is 12.1 Å². The molecule has 0 spiro atoms. The van der Waals surface area contributed by atoms with E-state index in [2.05, 4.69) is 0 Å². The van der Waals surface area contributed by atoms with Gasteiger partial charge in [0.1, 0.15) is 29.6 Å². The lowest BCUT2D eigenvalue weighted by atomic mass is 10.1. The molecule has 0 aliphatic carbocycles. The van der Waals surface area contributed by atoms with E-state index in [-0.39, 0.29) is 6.54 Å². The molecule has 1 aromatic rings. The molecule has 1 aromatic carbocycles. The Labute approximate surface area is 101 Å². The molecule has 0 saturated heterocycles. The Morgan fingerprint density at radius 1 is 1.22 bits per heavy atom. The third-order valence-electron chi connectivity index (χ3n) is 2.22. The van der Waals surface area contributed by atoms with E-state index in [4.69, 9.17) is 5.11 Å². The number of nitrogens with zero attached hydrogens (tertiary/aromatic N) is 1. The van der Waals surface area contributed by atoms with Gasteiger partial charge < -0.3 is 10.0 Å². The van der Waals surface area contributed by atoms with E-state index in [0.29, 0.717) is 12.1 Å². The molecule has 18 heavy (non-hydrogen) atoms. The predicted molar refractivity (Wildman–Crippen MR) is 55.5 cm³/mol. The molecule has 1 amide bonds. The van der Waals surface area contributed by atoms with Gasteiger partial charge in [0, 0.05) is 18.7 Å². The zero-order valence-electron chi connectivity index (χ0n) is 9.41. The minimum Gasteiger partial charge on any atom is -0.480 e. The first-order valence-electron chi connectivity index (χ1n) is 5.02. The molecule has 4 nitrogen and oxygen atoms in total. The van der Waals surface area contributed by atoms with Gasteiger partial charge in [-0.3, -0.25) is 9.59 Å². The summed E-state index contributed by atoms with van der Waals surface area (Å²) >= 11 is 0. The van der Waals surface area contributed by atoms with Crippen molar-refractivity contribution >= 4 is 11.9 Å². The normalized spacial score (nSPS) is 10.2. The van der Waals surface area contributed by atoms with Crippen LogP contribution in [0.1, 0.15) is 17.3 Å². The number of carboxylic acids is 1. The Morgan fingerprint density at radius 2 is 1.72 bits per heavy atom. The van der Waals surface area contributed by atoms with Crippen molar-refractivity contribution in [1.82, 2.24) is 4.90 Å². The van der Waals surface area contributed by atoms with Gasteiger partial charge in [-0.15, -0.1) is 0 Å². The number of carbonyl (C=O) groups excluding carboxylic acids is 1. The van der Waals surface area contributed by atoms with Gasteiger partial charge in [0.15, 0.2) is 0 Å². The Morgan fingerprint density at radius 3 is 2.11 bits per heavy atom. The first-order valence-corrected chi connectivity index (χ1v) is 5.02. The molecular formula is C11H10F3NO3. The van der Waals surface area contributed by atoms with Gasteiger partial charge in [-0.05, 0) is 6.92 Å². The van der Waals surface area contributed by atoms with E-state index < -0.39 is 41.4 Å². The standard InChI is InChI=1S/C11H10F3NO3/c1-2-15(5-9(16)17)11(18)10-7(13)3-6(12)4-8(10)14/h3-4H,2,5H2,1H3,(H,16,17). The number of carbonyl (C=O) groups is 2. The molecular weight excluding hydrogens is 251 g/mol. The van der Waals surface area contributed by atoms with Crippen LogP contribution in [0.5, 0.6) is 0 Å². The number of amides is 1. The number of benzene rings is 1. The maximum Gasteiger partial charge on any atom is 0.323 e. The Bertz CT molecular complexity index is 467. The molecule has 0 fully saturated rings. The van der Waals surface area contributed by atoms with Gasteiger partial charge in [-0.25, -0.2) is 13.2 Å². The first kappa shape index (κ1) is 14.0. The highest BCUT2D eigenvalue weighted by atomic mass is 19.1. The fourth-order valence-electron chi connectivity index (χ4n) is 1.40. The van der Waals surface area contributed by atoms with Gasteiger partial charge in [-0.2, -0.15) is 0 Å². The van der Waals surface area contributed by atoms with Gasteiger partial charge in [0.2, 0.25) is 0 Å². The molecule has 0 unspecified atom stereocenters. The Balaban J connectivity index is 3.13. The van der Waals surface area contributed by atoms with Crippen LogP contribution < -0.4 is 0 Å². The zero-order chi connectivity index (χ0) is 13.9. The Hall–Kier alpha value is -2.05. The van der Waals surface area contributed by atoms with Gasteiger partial charge in [-0.1, -0.05) is 0 Å². The molecule has 0 heterocycles. The van der Waals surface area contributed by atoms with E-state index in [1.807, 2.05) is 0 Å². The molecule has 1 rings (SSSR count). The first-order chi connectivity index (χ1) is 8.36. The lowest BCUT2D eigenvalue weighted by Crippen LogP contribution is -2.36. The molecule has 0 saturated carbocycles. The average molecular weight is 261 g/mol.